The molecule has 0 unspecified atom stereocenters. The first-order valence-corrected chi connectivity index (χ1v) is 20.1. The first-order chi connectivity index (χ1) is 27.6. The average Bonchev–Trinajstić information content (AvgIpc) is 3.97. The Kier molecular flexibility index (Phi) is 11.2. The zero-order valence-electron chi connectivity index (χ0n) is 33.5. The van der Waals surface area contributed by atoms with Gasteiger partial charge in [0.25, 0.3) is 11.8 Å². The third-order valence-corrected chi connectivity index (χ3v) is 12.1. The molecular weight excluding hydrogens is 755 g/mol. The monoisotopic (exact) mass is 803 g/mol. The predicted molar refractivity (Wildman–Crippen MR) is 222 cm³/mol. The zero-order valence-corrected chi connectivity index (χ0v) is 34.3. The second kappa shape index (κ2) is 16.2. The van der Waals surface area contributed by atoms with Crippen LogP contribution >= 0.6 is 11.3 Å². The van der Waals surface area contributed by atoms with Gasteiger partial charge in [0.2, 0.25) is 5.91 Å². The van der Waals surface area contributed by atoms with E-state index in [4.69, 9.17) is 10.8 Å². The normalized spacial score (nSPS) is 18.2. The van der Waals surface area contributed by atoms with Gasteiger partial charge in [0, 0.05) is 36.2 Å². The molecule has 58 heavy (non-hydrogen) atoms. The van der Waals surface area contributed by atoms with E-state index >= 15 is 0 Å². The molecule has 15 heteroatoms. The number of likely N-dealkylation sites (tertiary alicyclic amines) is 1. The van der Waals surface area contributed by atoms with E-state index in [1.54, 1.807) is 28.4 Å². The van der Waals surface area contributed by atoms with Crippen LogP contribution in [0.15, 0.2) is 84.4 Å². The Bertz CT molecular complexity index is 2320. The number of nitrogens with zero attached hydrogens (tertiary/aromatic N) is 6. The summed E-state index contributed by atoms with van der Waals surface area (Å²) in [7, 11) is 3.96. The number of hydrogen-bond donors (Lipinski definition) is 4. The molecule has 4 heterocycles. The van der Waals surface area contributed by atoms with Crippen molar-refractivity contribution in [2.75, 3.05) is 32.5 Å². The molecule has 4 atom stereocenters. The minimum atomic E-state index is -0.874. The number of rotatable bonds is 11. The average molecular weight is 804 g/mol. The molecule has 5 N–H and O–H groups in total. The lowest BCUT2D eigenvalue weighted by atomic mass is 9.98. The molecule has 0 bridgehead atoms. The maximum atomic E-state index is 13.8. The number of carbonyl (C=O) groups excluding carboxylic acids is 4. The molecule has 2 aromatic heterocycles. The molecule has 1 fully saturated rings. The van der Waals surface area contributed by atoms with E-state index in [-0.39, 0.29) is 48.6 Å². The van der Waals surface area contributed by atoms with Crippen molar-refractivity contribution in [3.63, 3.8) is 0 Å². The summed E-state index contributed by atoms with van der Waals surface area (Å²) < 4.78 is 1.89. The van der Waals surface area contributed by atoms with Crippen molar-refractivity contribution in [2.24, 2.45) is 5.73 Å². The Balaban J connectivity index is 1.07. The van der Waals surface area contributed by atoms with Crippen LogP contribution in [-0.2, 0) is 16.9 Å². The molecule has 5 aromatic rings. The fraction of sp³-hybridized carbons (Fsp3) is 0.349. The number of benzene rings is 3. The smallest absolute Gasteiger partial charge is 0.315 e. The van der Waals surface area contributed by atoms with Gasteiger partial charge in [0.15, 0.2) is 5.82 Å². The summed E-state index contributed by atoms with van der Waals surface area (Å²) in [6.07, 6.45) is -0.757. The number of likely N-dealkylation sites (N-methyl/N-ethyl adjacent to an activating group) is 1. The molecule has 7 rings (SSSR count). The van der Waals surface area contributed by atoms with Gasteiger partial charge in [-0.05, 0) is 82.7 Å². The number of nitrogens with one attached hydrogen (secondary N) is 2. The van der Waals surface area contributed by atoms with E-state index in [1.165, 1.54) is 17.0 Å². The third-order valence-electron chi connectivity index (χ3n) is 11.1. The Labute approximate surface area is 341 Å². The van der Waals surface area contributed by atoms with Gasteiger partial charge in [-0.15, -0.1) is 11.3 Å². The van der Waals surface area contributed by atoms with E-state index in [1.807, 2.05) is 107 Å². The minimum Gasteiger partial charge on any atom is -0.391 e. The SMILES string of the molecule is Cc1ncsc1-c1ccc([C@H](C)NC(=O)[C@@H]2C[C@@H](O)CN2C(=O)c2ccc(C(=O)Nc3nn([C@H](CN(C)C)c4ccccc4)c4c3CN(C(N)=O)C4(C)C)cc2)cc1. The van der Waals surface area contributed by atoms with Crippen LogP contribution in [0, 0.1) is 6.92 Å². The fourth-order valence-electron chi connectivity index (χ4n) is 8.07. The number of nitrogens with two attached hydrogens (primary N) is 1. The van der Waals surface area contributed by atoms with Crippen LogP contribution in [0.1, 0.15) is 88.1 Å². The van der Waals surface area contributed by atoms with Gasteiger partial charge in [0.05, 0.1) is 52.0 Å². The van der Waals surface area contributed by atoms with Crippen molar-refractivity contribution in [3.8, 4) is 10.4 Å². The number of aliphatic hydroxyl groups is 1. The second-order valence-electron chi connectivity index (χ2n) is 15.8. The van der Waals surface area contributed by atoms with Gasteiger partial charge in [-0.2, -0.15) is 5.10 Å². The number of fused-ring (bicyclic) bond motifs is 1. The summed E-state index contributed by atoms with van der Waals surface area (Å²) in [5.41, 5.74) is 12.8. The van der Waals surface area contributed by atoms with E-state index in [0.29, 0.717) is 17.9 Å². The number of primary amides is 1. The largest absolute Gasteiger partial charge is 0.391 e. The lowest BCUT2D eigenvalue weighted by molar-refractivity contribution is -0.125. The molecule has 2 aliphatic heterocycles. The minimum absolute atomic E-state index is 0.000666. The highest BCUT2D eigenvalue weighted by Gasteiger charge is 2.46. The fourth-order valence-corrected chi connectivity index (χ4v) is 8.88. The first-order valence-electron chi connectivity index (χ1n) is 19.2. The lowest BCUT2D eigenvalue weighted by Crippen LogP contribution is -2.46. The van der Waals surface area contributed by atoms with Crippen molar-refractivity contribution in [2.45, 2.75) is 70.4 Å². The molecule has 302 valence electrons. The molecule has 0 radical (unpaired) electrons. The molecule has 1 saturated heterocycles. The first kappa shape index (κ1) is 40.3. The van der Waals surface area contributed by atoms with E-state index in [9.17, 15) is 24.3 Å². The Hall–Kier alpha value is -5.90. The summed E-state index contributed by atoms with van der Waals surface area (Å²) in [5, 5.41) is 21.5. The summed E-state index contributed by atoms with van der Waals surface area (Å²) in [4.78, 5) is 64.3. The van der Waals surface area contributed by atoms with Crippen molar-refractivity contribution in [3.05, 3.63) is 124 Å². The molecule has 0 saturated carbocycles. The van der Waals surface area contributed by atoms with Crippen LogP contribution in [0.4, 0.5) is 10.6 Å². The highest BCUT2D eigenvalue weighted by atomic mass is 32.1. The van der Waals surface area contributed by atoms with Gasteiger partial charge in [-0.3, -0.25) is 19.1 Å². The summed E-state index contributed by atoms with van der Waals surface area (Å²) in [6.45, 7) is 8.45. The van der Waals surface area contributed by atoms with Crippen LogP contribution in [0.25, 0.3) is 10.4 Å². The van der Waals surface area contributed by atoms with Crippen LogP contribution in [0.2, 0.25) is 0 Å². The molecule has 0 spiro atoms. The Morgan fingerprint density at radius 3 is 2.28 bits per heavy atom. The number of carbonyl (C=O) groups is 4. The maximum Gasteiger partial charge on any atom is 0.315 e. The highest BCUT2D eigenvalue weighted by molar-refractivity contribution is 7.13. The summed E-state index contributed by atoms with van der Waals surface area (Å²) in [6, 6.07) is 22.0. The Morgan fingerprint density at radius 1 is 0.983 bits per heavy atom. The summed E-state index contributed by atoms with van der Waals surface area (Å²) >= 11 is 1.57. The van der Waals surface area contributed by atoms with Crippen LogP contribution < -0.4 is 16.4 Å². The second-order valence-corrected chi connectivity index (χ2v) is 16.7. The summed E-state index contributed by atoms with van der Waals surface area (Å²) in [5.74, 6) is -0.931. The topological polar surface area (TPSA) is 179 Å². The third kappa shape index (κ3) is 7.84. The molecule has 3 aromatic carbocycles. The number of thiazole rings is 1. The molecule has 14 nitrogen and oxygen atoms in total. The number of hydrogen-bond acceptors (Lipinski definition) is 9. The van der Waals surface area contributed by atoms with Crippen molar-refractivity contribution in [1.82, 2.24) is 34.8 Å². The van der Waals surface area contributed by atoms with Gasteiger partial charge < -0.3 is 36.2 Å². The standard InChI is InChI=1S/C43H49N9O5S/c1-25(27-12-14-29(15-13-27)36-26(2)45-24-58-36)46-40(55)34-20-32(53)21-50(34)41(56)31-18-16-30(17-19-31)39(54)47-38-33-22-51(42(44)57)43(3,4)37(33)52(48-38)35(23-49(5)6)28-10-8-7-9-11-28/h7-19,24-25,32,34-35,53H,20-23H2,1-6H3,(H2,44,57)(H,46,55)(H,47,48,54)/t25-,32+,34-,35+/m0/s1. The van der Waals surface area contributed by atoms with E-state index in [2.05, 4.69) is 20.5 Å². The number of urea groups is 1. The number of aromatic nitrogens is 3. The quantitative estimate of drug-likeness (QED) is 0.139. The maximum absolute atomic E-state index is 13.8. The molecule has 2 aliphatic rings. The predicted octanol–water partition coefficient (Wildman–Crippen LogP) is 5.30. The highest BCUT2D eigenvalue weighted by Crippen LogP contribution is 2.44. The van der Waals surface area contributed by atoms with Crippen molar-refractivity contribution in [1.29, 1.82) is 0 Å². The van der Waals surface area contributed by atoms with Gasteiger partial charge in [-0.1, -0.05) is 54.6 Å². The van der Waals surface area contributed by atoms with Crippen LogP contribution in [0.3, 0.4) is 0 Å². The van der Waals surface area contributed by atoms with Gasteiger partial charge in [0.1, 0.15) is 6.04 Å². The zero-order chi connectivity index (χ0) is 41.5. The Morgan fingerprint density at radius 2 is 1.66 bits per heavy atom. The number of anilines is 1. The molecular formula is C43H49N9O5S. The van der Waals surface area contributed by atoms with Crippen LogP contribution in [-0.4, -0.2) is 97.7 Å². The lowest BCUT2D eigenvalue weighted by Gasteiger charge is -2.33. The number of β-amino-alcohol motifs (C(OH)–C–C–N with tert-alkyl or cyclic N) is 1. The van der Waals surface area contributed by atoms with Gasteiger partial charge in [-0.25, -0.2) is 9.78 Å². The number of aryl methyl sites for hydroxylation is 1. The van der Waals surface area contributed by atoms with E-state index < -0.39 is 35.5 Å². The number of amides is 5. The van der Waals surface area contributed by atoms with Gasteiger partial charge >= 0.3 is 6.03 Å². The van der Waals surface area contributed by atoms with Crippen molar-refractivity contribution < 1.29 is 24.3 Å². The van der Waals surface area contributed by atoms with Crippen molar-refractivity contribution >= 4 is 40.9 Å². The number of aliphatic hydroxyl groups excluding tert-OH is 1. The van der Waals surface area contributed by atoms with E-state index in [0.717, 1.165) is 33.0 Å². The molecule has 5 amide bonds. The van der Waals surface area contributed by atoms with Crippen LogP contribution in [0.5, 0.6) is 0 Å². The molecule has 0 aliphatic carbocycles.